The van der Waals surface area contributed by atoms with Gasteiger partial charge in [-0.1, -0.05) is 0 Å². The molecule has 2 heterocycles. The number of rotatable bonds is 5. The Morgan fingerprint density at radius 3 is 2.56 bits per heavy atom. The van der Waals surface area contributed by atoms with Gasteiger partial charge in [0, 0.05) is 36.6 Å². The number of aliphatic hydroxyl groups excluding tert-OH is 1. The lowest BCUT2D eigenvalue weighted by molar-refractivity contribution is -0.161. The summed E-state index contributed by atoms with van der Waals surface area (Å²) >= 11 is 1.50. The highest BCUT2D eigenvalue weighted by Gasteiger charge is 2.57. The molecule has 0 unspecified atom stereocenters. The van der Waals surface area contributed by atoms with Crippen LogP contribution in [0.4, 0.5) is 0 Å². The maximum atomic E-state index is 12.2. The number of carbonyl (C=O) groups is 3. The van der Waals surface area contributed by atoms with Gasteiger partial charge in [-0.2, -0.15) is 0 Å². The van der Waals surface area contributed by atoms with Crippen LogP contribution in [0.25, 0.3) is 0 Å². The second kappa shape index (κ2) is 6.64. The molecule has 2 amide bonds. The number of nitrogens with zero attached hydrogens (tertiary/aromatic N) is 2. The van der Waals surface area contributed by atoms with E-state index in [9.17, 15) is 24.6 Å². The average molecular weight is 368 g/mol. The Kier molecular flexibility index (Phi) is 4.85. The molecule has 0 bridgehead atoms. The van der Waals surface area contributed by atoms with Crippen LogP contribution in [-0.2, 0) is 14.4 Å². The topological polar surface area (TPSA) is 98.1 Å². The van der Waals surface area contributed by atoms with E-state index < -0.39 is 18.0 Å². The zero-order valence-corrected chi connectivity index (χ0v) is 15.5. The highest BCUT2D eigenvalue weighted by molar-refractivity contribution is 8.03. The molecule has 0 radical (unpaired) electrons. The van der Waals surface area contributed by atoms with E-state index in [1.165, 1.54) is 16.7 Å². The average Bonchev–Trinajstić information content (AvgIpc) is 3.09. The molecular formula is C17H24N2O5S. The van der Waals surface area contributed by atoms with Crippen molar-refractivity contribution in [2.75, 3.05) is 14.1 Å². The fourth-order valence-electron chi connectivity index (χ4n) is 4.17. The molecule has 8 heteroatoms. The molecule has 3 rings (SSSR count). The lowest BCUT2D eigenvalue weighted by Gasteiger charge is -2.44. The van der Waals surface area contributed by atoms with Gasteiger partial charge >= 0.3 is 5.97 Å². The zero-order valence-electron chi connectivity index (χ0n) is 14.6. The molecule has 2 aliphatic heterocycles. The summed E-state index contributed by atoms with van der Waals surface area (Å²) in [7, 11) is 3.50. The van der Waals surface area contributed by atoms with E-state index >= 15 is 0 Å². The number of carboxylic acid groups (broad SMARTS) is 1. The molecule has 1 saturated carbocycles. The summed E-state index contributed by atoms with van der Waals surface area (Å²) in [5.41, 5.74) is 0.0688. The Morgan fingerprint density at radius 1 is 1.32 bits per heavy atom. The van der Waals surface area contributed by atoms with Gasteiger partial charge in [-0.15, -0.1) is 11.8 Å². The third-order valence-corrected chi connectivity index (χ3v) is 6.78. The molecule has 7 nitrogen and oxygen atoms in total. The van der Waals surface area contributed by atoms with Crippen LogP contribution in [0.15, 0.2) is 10.6 Å². The second-order valence-electron chi connectivity index (χ2n) is 7.31. The summed E-state index contributed by atoms with van der Waals surface area (Å²) in [6, 6.07) is -0.248. The molecule has 1 saturated heterocycles. The summed E-state index contributed by atoms with van der Waals surface area (Å²) in [4.78, 5) is 39.6. The molecule has 5 atom stereocenters. The summed E-state index contributed by atoms with van der Waals surface area (Å²) in [5, 5.41) is 19.5. The highest BCUT2D eigenvalue weighted by Crippen LogP contribution is 2.50. The van der Waals surface area contributed by atoms with Crippen molar-refractivity contribution in [1.82, 2.24) is 9.80 Å². The van der Waals surface area contributed by atoms with Crippen molar-refractivity contribution in [3.63, 3.8) is 0 Å². The SMILES string of the molecule is C[C@@H](O)[C@H]1C(=O)N2C(C(=O)O)=C(S[C@@H]3CC[C@H](C(=O)N(C)C)C3)C[C@H]12. The van der Waals surface area contributed by atoms with Gasteiger partial charge in [-0.25, -0.2) is 4.79 Å². The van der Waals surface area contributed by atoms with Crippen molar-refractivity contribution >= 4 is 29.5 Å². The molecule has 3 aliphatic rings. The summed E-state index contributed by atoms with van der Waals surface area (Å²) in [6.07, 6.45) is 2.12. The molecule has 2 fully saturated rings. The Balaban J connectivity index is 1.71. The van der Waals surface area contributed by atoms with E-state index in [0.29, 0.717) is 11.3 Å². The Hall–Kier alpha value is -1.54. The van der Waals surface area contributed by atoms with Gasteiger partial charge in [0.15, 0.2) is 0 Å². The predicted molar refractivity (Wildman–Crippen MR) is 92.5 cm³/mol. The number of aliphatic carboxylic acids is 1. The van der Waals surface area contributed by atoms with Crippen LogP contribution in [0.1, 0.15) is 32.6 Å². The number of carboxylic acids is 1. The van der Waals surface area contributed by atoms with Crippen LogP contribution in [0, 0.1) is 11.8 Å². The third-order valence-electron chi connectivity index (χ3n) is 5.37. The summed E-state index contributed by atoms with van der Waals surface area (Å²) in [6.45, 7) is 1.57. The monoisotopic (exact) mass is 368 g/mol. The van der Waals surface area contributed by atoms with Gasteiger partial charge < -0.3 is 20.0 Å². The van der Waals surface area contributed by atoms with Crippen molar-refractivity contribution < 1.29 is 24.6 Å². The Bertz CT molecular complexity index is 645. The first-order valence-corrected chi connectivity index (χ1v) is 9.45. The number of fused-ring (bicyclic) bond motifs is 1. The van der Waals surface area contributed by atoms with Crippen LogP contribution in [0.3, 0.4) is 0 Å². The molecule has 2 N–H and O–H groups in total. The number of aliphatic hydroxyl groups is 1. The van der Waals surface area contributed by atoms with E-state index in [1.54, 1.807) is 25.9 Å². The van der Waals surface area contributed by atoms with Gasteiger partial charge in [0.05, 0.1) is 18.1 Å². The number of thioether (sulfide) groups is 1. The number of β-lactam (4-membered cyclic amide) rings is 1. The van der Waals surface area contributed by atoms with Crippen molar-refractivity contribution in [1.29, 1.82) is 0 Å². The molecule has 138 valence electrons. The zero-order chi connectivity index (χ0) is 18.5. The molecule has 0 aromatic carbocycles. The van der Waals surface area contributed by atoms with Crippen LogP contribution in [0.5, 0.6) is 0 Å². The van der Waals surface area contributed by atoms with Gasteiger partial charge in [0.2, 0.25) is 11.8 Å². The summed E-state index contributed by atoms with van der Waals surface area (Å²) in [5.74, 6) is -1.80. The largest absolute Gasteiger partial charge is 0.477 e. The van der Waals surface area contributed by atoms with Crippen molar-refractivity contribution in [2.45, 2.75) is 50.0 Å². The minimum Gasteiger partial charge on any atom is -0.477 e. The smallest absolute Gasteiger partial charge is 0.353 e. The van der Waals surface area contributed by atoms with E-state index in [1.807, 2.05) is 0 Å². The molecule has 1 aliphatic carbocycles. The molecule has 0 spiro atoms. The van der Waals surface area contributed by atoms with Crippen LogP contribution in [0.2, 0.25) is 0 Å². The van der Waals surface area contributed by atoms with Gasteiger partial charge in [-0.3, -0.25) is 9.59 Å². The summed E-state index contributed by atoms with van der Waals surface area (Å²) < 4.78 is 0. The molecule has 0 aromatic heterocycles. The molecular weight excluding hydrogens is 344 g/mol. The van der Waals surface area contributed by atoms with Gasteiger partial charge in [0.1, 0.15) is 5.70 Å². The van der Waals surface area contributed by atoms with Crippen molar-refractivity contribution in [2.24, 2.45) is 11.8 Å². The lowest BCUT2D eigenvalue weighted by Crippen LogP contribution is -2.61. The quantitative estimate of drug-likeness (QED) is 0.699. The third kappa shape index (κ3) is 3.06. The first-order valence-electron chi connectivity index (χ1n) is 8.57. The Labute approximate surface area is 151 Å². The normalized spacial score (nSPS) is 32.5. The first kappa shape index (κ1) is 18.3. The predicted octanol–water partition coefficient (Wildman–Crippen LogP) is 0.884. The van der Waals surface area contributed by atoms with E-state index in [-0.39, 0.29) is 34.7 Å². The minimum absolute atomic E-state index is 0.00773. The highest BCUT2D eigenvalue weighted by atomic mass is 32.2. The minimum atomic E-state index is -1.10. The van der Waals surface area contributed by atoms with Crippen molar-refractivity contribution in [3.05, 3.63) is 10.6 Å². The van der Waals surface area contributed by atoms with Crippen molar-refractivity contribution in [3.8, 4) is 0 Å². The number of hydrogen-bond donors (Lipinski definition) is 2. The van der Waals surface area contributed by atoms with Gasteiger partial charge in [-0.05, 0) is 26.2 Å². The molecule has 25 heavy (non-hydrogen) atoms. The van der Waals surface area contributed by atoms with Crippen LogP contribution < -0.4 is 0 Å². The number of carbonyl (C=O) groups excluding carboxylic acids is 2. The van der Waals surface area contributed by atoms with E-state index in [0.717, 1.165) is 19.3 Å². The fraction of sp³-hybridized carbons (Fsp3) is 0.706. The van der Waals surface area contributed by atoms with Crippen LogP contribution >= 0.6 is 11.8 Å². The van der Waals surface area contributed by atoms with E-state index in [4.69, 9.17) is 0 Å². The van der Waals surface area contributed by atoms with E-state index in [2.05, 4.69) is 0 Å². The lowest BCUT2D eigenvalue weighted by atomic mass is 9.83. The second-order valence-corrected chi connectivity index (χ2v) is 8.70. The van der Waals surface area contributed by atoms with Crippen LogP contribution in [-0.4, -0.2) is 69.3 Å². The number of hydrogen-bond acceptors (Lipinski definition) is 5. The Morgan fingerprint density at radius 2 is 2.00 bits per heavy atom. The fourth-order valence-corrected chi connectivity index (χ4v) is 5.72. The molecule has 0 aromatic rings. The maximum Gasteiger partial charge on any atom is 0.353 e. The maximum absolute atomic E-state index is 12.2. The number of amides is 2. The first-order chi connectivity index (χ1) is 11.7. The standard InChI is InChI=1S/C17H24N2O5S/c1-8(20)13-11-7-12(14(17(23)24)19(11)16(13)22)25-10-5-4-9(6-10)15(21)18(2)3/h8-11,13,20H,4-7H2,1-3H3,(H,23,24)/t8-,9+,10-,11-,13-/m1/s1. The van der Waals surface area contributed by atoms with Gasteiger partial charge in [0.25, 0.3) is 0 Å².